The molecule has 2 heterocycles. The average Bonchev–Trinajstić information content (AvgIpc) is 3.32. The Balaban J connectivity index is 1.38. The number of aromatic nitrogens is 5. The summed E-state index contributed by atoms with van der Waals surface area (Å²) in [6.07, 6.45) is 3.94. The number of aryl methyl sites for hydroxylation is 1. The summed E-state index contributed by atoms with van der Waals surface area (Å²) in [7, 11) is 1.61. The molecule has 35 heavy (non-hydrogen) atoms. The number of amides is 2. The minimum atomic E-state index is -0.277. The third-order valence-corrected chi connectivity index (χ3v) is 6.16. The fraction of sp³-hybridized carbons (Fsp3) is 0.440. The van der Waals surface area contributed by atoms with Gasteiger partial charge in [0.1, 0.15) is 11.4 Å². The number of tetrazole rings is 1. The quantitative estimate of drug-likeness (QED) is 0.511. The van der Waals surface area contributed by atoms with Crippen molar-refractivity contribution in [3.05, 3.63) is 53.3 Å². The third-order valence-electron chi connectivity index (χ3n) is 6.16. The predicted molar refractivity (Wildman–Crippen MR) is 130 cm³/mol. The number of rotatable bonds is 8. The smallest absolute Gasteiger partial charge is 0.270 e. The molecular formula is C25H31N7O3. The molecule has 0 aliphatic heterocycles. The van der Waals surface area contributed by atoms with E-state index in [0.29, 0.717) is 41.8 Å². The van der Waals surface area contributed by atoms with Gasteiger partial charge < -0.3 is 15.4 Å². The molecular weight excluding hydrogens is 446 g/mol. The Hall–Kier alpha value is -3.82. The number of pyridine rings is 1. The lowest BCUT2D eigenvalue weighted by atomic mass is 9.86. The molecule has 10 nitrogen and oxygen atoms in total. The fourth-order valence-electron chi connectivity index (χ4n) is 4.41. The second-order valence-corrected chi connectivity index (χ2v) is 9.00. The van der Waals surface area contributed by atoms with Crippen molar-refractivity contribution in [3.63, 3.8) is 0 Å². The van der Waals surface area contributed by atoms with Crippen molar-refractivity contribution in [3.8, 4) is 17.1 Å². The van der Waals surface area contributed by atoms with Crippen LogP contribution in [0.15, 0.2) is 36.4 Å². The van der Waals surface area contributed by atoms with Crippen LogP contribution in [0.3, 0.4) is 0 Å². The molecule has 4 rings (SSSR count). The Labute approximate surface area is 204 Å². The van der Waals surface area contributed by atoms with E-state index in [1.54, 1.807) is 24.9 Å². The standard InChI is InChI=1S/C25H31N7O3/c1-16-11-20(13-23(27-16)25(34)26-14-19-5-4-6-22(12-19)35-3)24-29-31-32(30-24)15-18-7-9-21(10-8-18)28-17(2)33/h4-6,11-13,18,21H,7-10,14-15H2,1-3H3,(H,26,34)(H,28,33)/t18-,21+. The number of nitrogens with one attached hydrogen (secondary N) is 2. The maximum absolute atomic E-state index is 12.8. The van der Waals surface area contributed by atoms with Crippen LogP contribution >= 0.6 is 0 Å². The molecule has 10 heteroatoms. The zero-order valence-electron chi connectivity index (χ0n) is 20.3. The van der Waals surface area contributed by atoms with Crippen molar-refractivity contribution in [2.45, 2.75) is 58.7 Å². The van der Waals surface area contributed by atoms with Crippen LogP contribution in [0, 0.1) is 12.8 Å². The average molecular weight is 478 g/mol. The lowest BCUT2D eigenvalue weighted by Crippen LogP contribution is -2.36. The number of hydrogen-bond donors (Lipinski definition) is 2. The molecule has 3 aromatic rings. The summed E-state index contributed by atoms with van der Waals surface area (Å²) < 4.78 is 5.23. The van der Waals surface area contributed by atoms with E-state index in [1.165, 1.54) is 0 Å². The fourth-order valence-corrected chi connectivity index (χ4v) is 4.41. The van der Waals surface area contributed by atoms with Crippen LogP contribution in [-0.4, -0.2) is 50.2 Å². The number of nitrogens with zero attached hydrogens (tertiary/aromatic N) is 5. The molecule has 0 unspecified atom stereocenters. The topological polar surface area (TPSA) is 124 Å². The van der Waals surface area contributed by atoms with E-state index >= 15 is 0 Å². The van der Waals surface area contributed by atoms with Crippen molar-refractivity contribution < 1.29 is 14.3 Å². The maximum Gasteiger partial charge on any atom is 0.270 e. The van der Waals surface area contributed by atoms with Gasteiger partial charge in [0.15, 0.2) is 0 Å². The van der Waals surface area contributed by atoms with Crippen LogP contribution < -0.4 is 15.4 Å². The van der Waals surface area contributed by atoms with Gasteiger partial charge in [-0.2, -0.15) is 4.80 Å². The highest BCUT2D eigenvalue weighted by Gasteiger charge is 2.23. The van der Waals surface area contributed by atoms with E-state index in [1.807, 2.05) is 37.3 Å². The molecule has 2 N–H and O–H groups in total. The van der Waals surface area contributed by atoms with Crippen LogP contribution in [0.1, 0.15) is 54.4 Å². The first-order valence-corrected chi connectivity index (χ1v) is 11.8. The SMILES string of the molecule is COc1cccc(CNC(=O)c2cc(-c3nnn(C[C@H]4CC[C@@H](NC(C)=O)CC4)n3)cc(C)n2)c1. The summed E-state index contributed by atoms with van der Waals surface area (Å²) in [6.45, 7) is 4.43. The largest absolute Gasteiger partial charge is 0.497 e. The normalized spacial score (nSPS) is 17.6. The molecule has 0 radical (unpaired) electrons. The second kappa shape index (κ2) is 11.1. The van der Waals surface area contributed by atoms with Gasteiger partial charge in [0.25, 0.3) is 5.91 Å². The molecule has 2 amide bonds. The van der Waals surface area contributed by atoms with Gasteiger partial charge in [0, 0.05) is 30.8 Å². The molecule has 0 atom stereocenters. The molecule has 1 aliphatic carbocycles. The van der Waals surface area contributed by atoms with E-state index < -0.39 is 0 Å². The van der Waals surface area contributed by atoms with Crippen molar-refractivity contribution in [1.29, 1.82) is 0 Å². The van der Waals surface area contributed by atoms with Crippen molar-refractivity contribution in [1.82, 2.24) is 35.8 Å². The Morgan fingerprint density at radius 1 is 1.14 bits per heavy atom. The highest BCUT2D eigenvalue weighted by atomic mass is 16.5. The monoisotopic (exact) mass is 477 g/mol. The third kappa shape index (κ3) is 6.62. The van der Waals surface area contributed by atoms with Crippen LogP contribution in [0.4, 0.5) is 0 Å². The van der Waals surface area contributed by atoms with Crippen molar-refractivity contribution >= 4 is 11.8 Å². The molecule has 0 spiro atoms. The maximum atomic E-state index is 12.8. The molecule has 0 bridgehead atoms. The van der Waals surface area contributed by atoms with Gasteiger partial charge in [-0.3, -0.25) is 9.59 Å². The predicted octanol–water partition coefficient (Wildman–Crippen LogP) is 2.68. The number of ether oxygens (including phenoxy) is 1. The van der Waals surface area contributed by atoms with E-state index in [9.17, 15) is 9.59 Å². The number of hydrogen-bond acceptors (Lipinski definition) is 7. The van der Waals surface area contributed by atoms with Gasteiger partial charge in [0.05, 0.1) is 13.7 Å². The summed E-state index contributed by atoms with van der Waals surface area (Å²) in [6, 6.07) is 11.3. The molecule has 1 fully saturated rings. The molecule has 1 aliphatic rings. The number of carbonyl (C=O) groups is 2. The Bertz CT molecular complexity index is 1190. The molecule has 0 saturated heterocycles. The summed E-state index contributed by atoms with van der Waals surface area (Å²) in [4.78, 5) is 30.0. The van der Waals surface area contributed by atoms with Gasteiger partial charge in [-0.1, -0.05) is 12.1 Å². The first-order valence-electron chi connectivity index (χ1n) is 11.8. The highest BCUT2D eigenvalue weighted by molar-refractivity contribution is 5.93. The van der Waals surface area contributed by atoms with Crippen LogP contribution in [-0.2, 0) is 17.9 Å². The lowest BCUT2D eigenvalue weighted by Gasteiger charge is -2.28. The van der Waals surface area contributed by atoms with Crippen LogP contribution in [0.5, 0.6) is 5.75 Å². The summed E-state index contributed by atoms with van der Waals surface area (Å²) in [5, 5.41) is 18.9. The minimum absolute atomic E-state index is 0.0250. The molecule has 1 saturated carbocycles. The lowest BCUT2D eigenvalue weighted by molar-refractivity contribution is -0.119. The van der Waals surface area contributed by atoms with Gasteiger partial charge in [-0.05, 0) is 73.6 Å². The first-order chi connectivity index (χ1) is 16.9. The van der Waals surface area contributed by atoms with Gasteiger partial charge in [0.2, 0.25) is 11.7 Å². The Kier molecular flexibility index (Phi) is 7.69. The van der Waals surface area contributed by atoms with Crippen molar-refractivity contribution in [2.75, 3.05) is 7.11 Å². The summed E-state index contributed by atoms with van der Waals surface area (Å²) in [5.74, 6) is 1.39. The number of carbonyl (C=O) groups excluding carboxylic acids is 2. The summed E-state index contributed by atoms with van der Waals surface area (Å²) in [5.41, 5.74) is 2.63. The van der Waals surface area contributed by atoms with E-state index in [0.717, 1.165) is 37.0 Å². The van der Waals surface area contributed by atoms with Crippen LogP contribution in [0.25, 0.3) is 11.4 Å². The first kappa shape index (κ1) is 24.3. The van der Waals surface area contributed by atoms with Gasteiger partial charge in [-0.15, -0.1) is 10.2 Å². The van der Waals surface area contributed by atoms with E-state index in [2.05, 4.69) is 31.0 Å². The van der Waals surface area contributed by atoms with E-state index in [-0.39, 0.29) is 17.9 Å². The summed E-state index contributed by atoms with van der Waals surface area (Å²) >= 11 is 0. The zero-order valence-corrected chi connectivity index (χ0v) is 20.3. The highest BCUT2D eigenvalue weighted by Crippen LogP contribution is 2.25. The van der Waals surface area contributed by atoms with Crippen LogP contribution in [0.2, 0.25) is 0 Å². The van der Waals surface area contributed by atoms with E-state index in [4.69, 9.17) is 4.74 Å². The minimum Gasteiger partial charge on any atom is -0.497 e. The second-order valence-electron chi connectivity index (χ2n) is 9.00. The Morgan fingerprint density at radius 2 is 1.94 bits per heavy atom. The Morgan fingerprint density at radius 3 is 2.69 bits per heavy atom. The molecule has 2 aromatic heterocycles. The van der Waals surface area contributed by atoms with Gasteiger partial charge in [-0.25, -0.2) is 4.98 Å². The van der Waals surface area contributed by atoms with Crippen molar-refractivity contribution in [2.24, 2.45) is 5.92 Å². The number of benzene rings is 1. The van der Waals surface area contributed by atoms with Gasteiger partial charge >= 0.3 is 0 Å². The molecule has 184 valence electrons. The zero-order chi connectivity index (χ0) is 24.8. The number of methoxy groups -OCH3 is 1. The molecule has 1 aromatic carbocycles.